The maximum absolute atomic E-state index is 12.1. The number of amides is 2. The number of hydrogen-bond acceptors (Lipinski definition) is 2. The van der Waals surface area contributed by atoms with Gasteiger partial charge in [0, 0.05) is 13.0 Å². The molecule has 0 aromatic heterocycles. The third-order valence-corrected chi connectivity index (χ3v) is 3.72. The van der Waals surface area contributed by atoms with Gasteiger partial charge >= 0.3 is 6.18 Å². The molecule has 6 heteroatoms. The highest BCUT2D eigenvalue weighted by molar-refractivity contribution is 6.21. The molecule has 0 fully saturated rings. The van der Waals surface area contributed by atoms with Gasteiger partial charge in [-0.05, 0) is 25.0 Å². The molecule has 1 heterocycles. The summed E-state index contributed by atoms with van der Waals surface area (Å²) in [4.78, 5) is 25.4. The van der Waals surface area contributed by atoms with Crippen LogP contribution >= 0.6 is 0 Å². The van der Waals surface area contributed by atoms with Crippen LogP contribution in [0.3, 0.4) is 0 Å². The van der Waals surface area contributed by atoms with Crippen molar-refractivity contribution in [3.63, 3.8) is 0 Å². The maximum Gasteiger partial charge on any atom is 0.389 e. The molecule has 0 atom stereocenters. The van der Waals surface area contributed by atoms with Crippen LogP contribution in [0.25, 0.3) is 0 Å². The van der Waals surface area contributed by atoms with Gasteiger partial charge in [-0.15, -0.1) is 0 Å². The standard InChI is InChI=1S/C16H18F3NO2/c17-16(18,19)10-6-2-1-3-7-11-20-14(21)12-8-4-5-9-13(12)15(20)22/h4-5,8-9H,1-3,6-7,10-11H2. The number of imide groups is 1. The van der Waals surface area contributed by atoms with Gasteiger partial charge in [0.05, 0.1) is 11.1 Å². The van der Waals surface area contributed by atoms with Crippen LogP contribution < -0.4 is 0 Å². The number of carbonyl (C=O) groups excluding carboxylic acids is 2. The average molecular weight is 313 g/mol. The molecule has 0 saturated carbocycles. The summed E-state index contributed by atoms with van der Waals surface area (Å²) in [6, 6.07) is 6.70. The van der Waals surface area contributed by atoms with Crippen LogP contribution in [0.4, 0.5) is 13.2 Å². The molecule has 1 aliphatic heterocycles. The second kappa shape index (κ2) is 6.94. The van der Waals surface area contributed by atoms with Crippen LogP contribution in [0.15, 0.2) is 24.3 Å². The molecule has 22 heavy (non-hydrogen) atoms. The Bertz CT molecular complexity index is 520. The normalized spacial score (nSPS) is 14.6. The largest absolute Gasteiger partial charge is 0.389 e. The summed E-state index contributed by atoms with van der Waals surface area (Å²) < 4.78 is 35.9. The molecule has 0 saturated heterocycles. The van der Waals surface area contributed by atoms with Crippen LogP contribution in [0, 0.1) is 0 Å². The molecule has 3 nitrogen and oxygen atoms in total. The predicted octanol–water partition coefficient (Wildman–Crippen LogP) is 4.19. The van der Waals surface area contributed by atoms with Crippen molar-refractivity contribution in [3.8, 4) is 0 Å². The van der Waals surface area contributed by atoms with Crippen LogP contribution in [-0.4, -0.2) is 29.4 Å². The van der Waals surface area contributed by atoms with Gasteiger partial charge in [0.15, 0.2) is 0 Å². The first-order chi connectivity index (χ1) is 10.4. The van der Waals surface area contributed by atoms with Gasteiger partial charge in [-0.1, -0.05) is 31.4 Å². The van der Waals surface area contributed by atoms with Crippen molar-refractivity contribution in [2.24, 2.45) is 0 Å². The van der Waals surface area contributed by atoms with Crippen molar-refractivity contribution >= 4 is 11.8 Å². The predicted molar refractivity (Wildman–Crippen MR) is 75.6 cm³/mol. The summed E-state index contributed by atoms with van der Waals surface area (Å²) in [5.41, 5.74) is 0.857. The minimum absolute atomic E-state index is 0.135. The Kier molecular flexibility index (Phi) is 5.21. The number of rotatable bonds is 7. The number of hydrogen-bond donors (Lipinski definition) is 0. The number of benzene rings is 1. The molecule has 1 aliphatic rings. The van der Waals surface area contributed by atoms with Crippen molar-refractivity contribution in [1.29, 1.82) is 0 Å². The van der Waals surface area contributed by atoms with E-state index < -0.39 is 12.6 Å². The average Bonchev–Trinajstić information content (AvgIpc) is 2.70. The Morgan fingerprint density at radius 3 is 1.86 bits per heavy atom. The lowest BCUT2D eigenvalue weighted by molar-refractivity contribution is -0.135. The summed E-state index contributed by atoms with van der Waals surface area (Å²) in [7, 11) is 0. The van der Waals surface area contributed by atoms with E-state index >= 15 is 0 Å². The molecule has 0 aliphatic carbocycles. The maximum atomic E-state index is 12.1. The Morgan fingerprint density at radius 2 is 1.32 bits per heavy atom. The minimum atomic E-state index is -4.08. The van der Waals surface area contributed by atoms with E-state index in [1.165, 1.54) is 4.90 Å². The second-order valence-corrected chi connectivity index (χ2v) is 5.44. The zero-order valence-corrected chi connectivity index (χ0v) is 12.2. The molecule has 0 bridgehead atoms. The summed E-state index contributed by atoms with van der Waals surface area (Å²) >= 11 is 0. The second-order valence-electron chi connectivity index (χ2n) is 5.44. The summed E-state index contributed by atoms with van der Waals surface area (Å²) in [6.45, 7) is 0.325. The zero-order valence-electron chi connectivity index (χ0n) is 12.2. The van der Waals surface area contributed by atoms with Gasteiger partial charge < -0.3 is 0 Å². The number of alkyl halides is 3. The molecule has 2 rings (SSSR count). The van der Waals surface area contributed by atoms with Gasteiger partial charge in [0.1, 0.15) is 0 Å². The van der Waals surface area contributed by atoms with E-state index in [9.17, 15) is 22.8 Å². The van der Waals surface area contributed by atoms with E-state index in [0.29, 0.717) is 43.4 Å². The lowest BCUT2D eigenvalue weighted by Gasteiger charge is -2.13. The molecule has 0 radical (unpaired) electrons. The molecule has 0 N–H and O–H groups in total. The van der Waals surface area contributed by atoms with Crippen LogP contribution in [0.1, 0.15) is 59.2 Å². The Balaban J connectivity index is 1.69. The van der Waals surface area contributed by atoms with Crippen molar-refractivity contribution in [1.82, 2.24) is 4.90 Å². The minimum Gasteiger partial charge on any atom is -0.274 e. The molecule has 1 aromatic rings. The van der Waals surface area contributed by atoms with Gasteiger partial charge in [-0.2, -0.15) is 13.2 Å². The third kappa shape index (κ3) is 4.08. The number of nitrogens with zero attached hydrogens (tertiary/aromatic N) is 1. The van der Waals surface area contributed by atoms with E-state index in [1.807, 2.05) is 0 Å². The molecular weight excluding hydrogens is 295 g/mol. The summed E-state index contributed by atoms with van der Waals surface area (Å²) in [5.74, 6) is -0.560. The smallest absolute Gasteiger partial charge is 0.274 e. The van der Waals surface area contributed by atoms with E-state index in [1.54, 1.807) is 24.3 Å². The number of carbonyl (C=O) groups is 2. The van der Waals surface area contributed by atoms with Gasteiger partial charge in [0.2, 0.25) is 0 Å². The molecule has 2 amide bonds. The van der Waals surface area contributed by atoms with Crippen molar-refractivity contribution in [2.75, 3.05) is 6.54 Å². The van der Waals surface area contributed by atoms with Gasteiger partial charge in [0.25, 0.3) is 11.8 Å². The highest BCUT2D eigenvalue weighted by Crippen LogP contribution is 2.24. The van der Waals surface area contributed by atoms with E-state index in [4.69, 9.17) is 0 Å². The zero-order chi connectivity index (χ0) is 16.2. The van der Waals surface area contributed by atoms with E-state index in [-0.39, 0.29) is 18.2 Å². The summed E-state index contributed by atoms with van der Waals surface area (Å²) in [6.07, 6.45) is -2.16. The molecule has 0 unspecified atom stereocenters. The third-order valence-electron chi connectivity index (χ3n) is 3.72. The van der Waals surface area contributed by atoms with Crippen LogP contribution in [0.5, 0.6) is 0 Å². The Hall–Kier alpha value is -1.85. The first-order valence-electron chi connectivity index (χ1n) is 7.42. The monoisotopic (exact) mass is 313 g/mol. The van der Waals surface area contributed by atoms with Gasteiger partial charge in [-0.25, -0.2) is 0 Å². The first kappa shape index (κ1) is 16.5. The number of halogens is 3. The first-order valence-corrected chi connectivity index (χ1v) is 7.42. The molecular formula is C16H18F3NO2. The Morgan fingerprint density at radius 1 is 0.818 bits per heavy atom. The number of unbranched alkanes of at least 4 members (excludes halogenated alkanes) is 4. The summed E-state index contributed by atoms with van der Waals surface area (Å²) in [5, 5.41) is 0. The molecule has 0 spiro atoms. The fourth-order valence-electron chi connectivity index (χ4n) is 2.57. The number of fused-ring (bicyclic) bond motifs is 1. The van der Waals surface area contributed by atoms with Crippen molar-refractivity contribution in [2.45, 2.75) is 44.7 Å². The quantitative estimate of drug-likeness (QED) is 0.559. The van der Waals surface area contributed by atoms with Crippen LogP contribution in [-0.2, 0) is 0 Å². The highest BCUT2D eigenvalue weighted by atomic mass is 19.4. The molecule has 120 valence electrons. The van der Waals surface area contributed by atoms with Gasteiger partial charge in [-0.3, -0.25) is 14.5 Å². The molecule has 1 aromatic carbocycles. The SMILES string of the molecule is O=C1c2ccccc2C(=O)N1CCCCCCCC(F)(F)F. The van der Waals surface area contributed by atoms with Crippen LogP contribution in [0.2, 0.25) is 0 Å². The van der Waals surface area contributed by atoms with Crippen molar-refractivity contribution in [3.05, 3.63) is 35.4 Å². The van der Waals surface area contributed by atoms with Crippen molar-refractivity contribution < 1.29 is 22.8 Å². The fraction of sp³-hybridized carbons (Fsp3) is 0.500. The Labute approximate surface area is 127 Å². The highest BCUT2D eigenvalue weighted by Gasteiger charge is 2.34. The lowest BCUT2D eigenvalue weighted by Crippen LogP contribution is -2.30. The topological polar surface area (TPSA) is 37.4 Å². The van der Waals surface area contributed by atoms with E-state index in [2.05, 4.69) is 0 Å². The lowest BCUT2D eigenvalue weighted by atomic mass is 10.1. The fourth-order valence-corrected chi connectivity index (χ4v) is 2.57. The van der Waals surface area contributed by atoms with E-state index in [0.717, 1.165) is 0 Å².